The summed E-state index contributed by atoms with van der Waals surface area (Å²) < 4.78 is 0. The van der Waals surface area contributed by atoms with Crippen LogP contribution in [0.4, 0.5) is 0 Å². The lowest BCUT2D eigenvalue weighted by atomic mass is 10.2. The topological polar surface area (TPSA) is 86.6 Å². The van der Waals surface area contributed by atoms with E-state index in [4.69, 9.17) is 10.2 Å². The maximum atomic E-state index is 11.1. The molecule has 0 saturated carbocycles. The van der Waals surface area contributed by atoms with Gasteiger partial charge in [-0.05, 0) is 13.2 Å². The van der Waals surface area contributed by atoms with E-state index in [2.05, 4.69) is 5.32 Å². The molecular weight excluding hydrogens is 218 g/mol. The first-order valence-corrected chi connectivity index (χ1v) is 5.65. The lowest BCUT2D eigenvalue weighted by molar-refractivity contribution is -0.131. The summed E-state index contributed by atoms with van der Waals surface area (Å²) in [7, 11) is 0. The molecule has 0 aromatic rings. The normalized spacial score (nSPS) is 14.9. The lowest BCUT2D eigenvalue weighted by Crippen LogP contribution is -2.40. The molecule has 0 spiro atoms. The highest BCUT2D eigenvalue weighted by Gasteiger charge is 2.16. The van der Waals surface area contributed by atoms with Crippen molar-refractivity contribution in [3.05, 3.63) is 12.2 Å². The number of carbonyl (C=O) groups is 2. The molecule has 2 atom stereocenters. The number of aliphatic hydroxyl groups excluding tert-OH is 1. The van der Waals surface area contributed by atoms with Gasteiger partial charge in [-0.2, -0.15) is 11.8 Å². The first kappa shape index (κ1) is 14.0. The Bertz CT molecular complexity index is 250. The van der Waals surface area contributed by atoms with Gasteiger partial charge in [-0.3, -0.25) is 4.79 Å². The van der Waals surface area contributed by atoms with Crippen molar-refractivity contribution in [3.63, 3.8) is 0 Å². The van der Waals surface area contributed by atoms with E-state index < -0.39 is 11.9 Å². The zero-order valence-electron chi connectivity index (χ0n) is 8.64. The van der Waals surface area contributed by atoms with Crippen molar-refractivity contribution in [2.45, 2.75) is 18.2 Å². The second-order valence-corrected chi connectivity index (χ2v) is 4.00. The van der Waals surface area contributed by atoms with Crippen molar-refractivity contribution in [2.75, 3.05) is 12.9 Å². The number of carboxylic acids is 1. The quantitative estimate of drug-likeness (QED) is 0.556. The van der Waals surface area contributed by atoms with E-state index in [-0.39, 0.29) is 17.9 Å². The molecule has 0 saturated heterocycles. The van der Waals surface area contributed by atoms with Crippen LogP contribution in [-0.4, -0.2) is 46.2 Å². The van der Waals surface area contributed by atoms with Crippen LogP contribution in [0.3, 0.4) is 0 Å². The van der Waals surface area contributed by atoms with Crippen LogP contribution in [0.25, 0.3) is 0 Å². The van der Waals surface area contributed by atoms with Gasteiger partial charge < -0.3 is 15.5 Å². The van der Waals surface area contributed by atoms with Crippen molar-refractivity contribution >= 4 is 23.6 Å². The molecule has 2 unspecified atom stereocenters. The molecule has 15 heavy (non-hydrogen) atoms. The molecule has 5 nitrogen and oxygen atoms in total. The van der Waals surface area contributed by atoms with E-state index in [1.165, 1.54) is 11.8 Å². The molecule has 0 aliphatic carbocycles. The van der Waals surface area contributed by atoms with E-state index in [1.54, 1.807) is 6.92 Å². The minimum absolute atomic E-state index is 0.0365. The number of aliphatic carboxylic acids is 1. The van der Waals surface area contributed by atoms with Crippen LogP contribution < -0.4 is 5.32 Å². The van der Waals surface area contributed by atoms with Crippen LogP contribution in [0.2, 0.25) is 0 Å². The van der Waals surface area contributed by atoms with Crippen molar-refractivity contribution < 1.29 is 19.8 Å². The minimum atomic E-state index is -1.17. The number of hydrogen-bond acceptors (Lipinski definition) is 4. The van der Waals surface area contributed by atoms with E-state index in [1.807, 2.05) is 6.26 Å². The minimum Gasteiger partial charge on any atom is -0.478 e. The molecule has 0 aliphatic heterocycles. The Morgan fingerprint density at radius 1 is 1.47 bits per heavy atom. The van der Waals surface area contributed by atoms with Gasteiger partial charge in [0, 0.05) is 23.4 Å². The maximum absolute atomic E-state index is 11.1. The first-order chi connectivity index (χ1) is 7.01. The van der Waals surface area contributed by atoms with E-state index in [9.17, 15) is 9.59 Å². The van der Waals surface area contributed by atoms with E-state index in [0.717, 1.165) is 12.2 Å². The molecular formula is C9H15NO4S. The zero-order chi connectivity index (χ0) is 11.8. The third kappa shape index (κ3) is 6.14. The summed E-state index contributed by atoms with van der Waals surface area (Å²) >= 11 is 1.44. The molecule has 3 N–H and O–H groups in total. The summed E-state index contributed by atoms with van der Waals surface area (Å²) in [4.78, 5) is 21.3. The Morgan fingerprint density at radius 3 is 2.47 bits per heavy atom. The maximum Gasteiger partial charge on any atom is 0.328 e. The fourth-order valence-electron chi connectivity index (χ4n) is 0.949. The summed E-state index contributed by atoms with van der Waals surface area (Å²) in [6.07, 6.45) is 3.55. The Balaban J connectivity index is 4.11. The van der Waals surface area contributed by atoms with Crippen LogP contribution in [0.1, 0.15) is 6.92 Å². The van der Waals surface area contributed by atoms with Crippen LogP contribution in [-0.2, 0) is 9.59 Å². The Morgan fingerprint density at radius 2 is 2.07 bits per heavy atom. The molecule has 0 rings (SSSR count). The lowest BCUT2D eigenvalue weighted by Gasteiger charge is -2.20. The van der Waals surface area contributed by atoms with Gasteiger partial charge in [-0.25, -0.2) is 4.79 Å². The van der Waals surface area contributed by atoms with Gasteiger partial charge in [-0.1, -0.05) is 0 Å². The number of rotatable bonds is 6. The third-order valence-corrected chi connectivity index (χ3v) is 2.95. The number of amides is 1. The summed E-state index contributed by atoms with van der Waals surface area (Å²) in [5.74, 6) is -1.64. The van der Waals surface area contributed by atoms with Crippen LogP contribution in [0.5, 0.6) is 0 Å². The highest BCUT2D eigenvalue weighted by atomic mass is 32.2. The molecule has 0 bridgehead atoms. The molecule has 0 heterocycles. The van der Waals surface area contributed by atoms with Crippen LogP contribution >= 0.6 is 11.8 Å². The van der Waals surface area contributed by atoms with Gasteiger partial charge in [-0.15, -0.1) is 0 Å². The second-order valence-electron chi connectivity index (χ2n) is 2.93. The molecule has 0 aliphatic rings. The van der Waals surface area contributed by atoms with Crippen molar-refractivity contribution in [1.82, 2.24) is 5.32 Å². The fraction of sp³-hybridized carbons (Fsp3) is 0.556. The number of carboxylic acid groups (broad SMARTS) is 1. The van der Waals surface area contributed by atoms with Crippen molar-refractivity contribution in [3.8, 4) is 0 Å². The van der Waals surface area contributed by atoms with Gasteiger partial charge in [0.2, 0.25) is 5.91 Å². The van der Waals surface area contributed by atoms with Gasteiger partial charge in [0.05, 0.1) is 6.61 Å². The number of thioether (sulfide) groups is 1. The van der Waals surface area contributed by atoms with E-state index in [0.29, 0.717) is 0 Å². The molecule has 0 aromatic carbocycles. The monoisotopic (exact) mass is 233 g/mol. The smallest absolute Gasteiger partial charge is 0.328 e. The van der Waals surface area contributed by atoms with Gasteiger partial charge in [0.25, 0.3) is 0 Å². The van der Waals surface area contributed by atoms with Crippen LogP contribution in [0, 0.1) is 0 Å². The highest BCUT2D eigenvalue weighted by Crippen LogP contribution is 2.09. The Hall–Kier alpha value is -1.01. The van der Waals surface area contributed by atoms with Crippen LogP contribution in [0.15, 0.2) is 12.2 Å². The number of hydrogen-bond donors (Lipinski definition) is 3. The number of aliphatic hydroxyl groups is 1. The standard InChI is InChI=1S/C9H15NO4S/c1-6(7(5-11)15-2)10-8(12)3-4-9(13)14/h3-4,6-7,11H,5H2,1-2H3,(H,10,12)(H,13,14)/b4-3+. The predicted octanol–water partition coefficient (Wildman–Crippen LogP) is -0.144. The SMILES string of the molecule is CSC(CO)C(C)NC(=O)/C=C/C(=O)O. The molecule has 0 radical (unpaired) electrons. The first-order valence-electron chi connectivity index (χ1n) is 4.36. The number of nitrogens with one attached hydrogen (secondary N) is 1. The molecule has 86 valence electrons. The third-order valence-electron chi connectivity index (χ3n) is 1.79. The molecule has 6 heteroatoms. The predicted molar refractivity (Wildman–Crippen MR) is 58.8 cm³/mol. The second kappa shape index (κ2) is 7.30. The van der Waals surface area contributed by atoms with Crippen molar-refractivity contribution in [1.29, 1.82) is 0 Å². The average molecular weight is 233 g/mol. The Labute approximate surface area is 92.6 Å². The van der Waals surface area contributed by atoms with Crippen molar-refractivity contribution in [2.24, 2.45) is 0 Å². The summed E-state index contributed by atoms with van der Waals surface area (Å²) in [5.41, 5.74) is 0. The molecule has 0 fully saturated rings. The zero-order valence-corrected chi connectivity index (χ0v) is 9.45. The summed E-state index contributed by atoms with van der Waals surface area (Å²) in [6.45, 7) is 1.72. The van der Waals surface area contributed by atoms with Gasteiger partial charge in [0.1, 0.15) is 0 Å². The fourth-order valence-corrected chi connectivity index (χ4v) is 1.57. The van der Waals surface area contributed by atoms with Gasteiger partial charge >= 0.3 is 5.97 Å². The molecule has 0 aromatic heterocycles. The largest absolute Gasteiger partial charge is 0.478 e. The summed E-state index contributed by atoms with van der Waals surface area (Å²) in [5, 5.41) is 19.7. The molecule has 1 amide bonds. The highest BCUT2D eigenvalue weighted by molar-refractivity contribution is 7.99. The number of carbonyl (C=O) groups excluding carboxylic acids is 1. The van der Waals surface area contributed by atoms with E-state index >= 15 is 0 Å². The Kier molecular flexibility index (Phi) is 6.81. The summed E-state index contributed by atoms with van der Waals surface area (Å²) in [6, 6.07) is -0.212. The average Bonchev–Trinajstić information content (AvgIpc) is 2.16. The van der Waals surface area contributed by atoms with Gasteiger partial charge in [0.15, 0.2) is 0 Å².